The van der Waals surface area contributed by atoms with E-state index < -0.39 is 0 Å². The number of hydrogen-bond donors (Lipinski definition) is 0. The molecule has 29 heavy (non-hydrogen) atoms. The molecule has 1 aromatic carbocycles. The third kappa shape index (κ3) is 4.36. The van der Waals surface area contributed by atoms with Crippen molar-refractivity contribution in [3.05, 3.63) is 76.8 Å². The van der Waals surface area contributed by atoms with Gasteiger partial charge in [0.1, 0.15) is 16.9 Å². The fourth-order valence-corrected chi connectivity index (χ4v) is 4.53. The van der Waals surface area contributed by atoms with Crippen LogP contribution in [0.5, 0.6) is 0 Å². The number of ether oxygens (including phenoxy) is 1. The van der Waals surface area contributed by atoms with Gasteiger partial charge in [0.25, 0.3) is 5.91 Å². The predicted molar refractivity (Wildman–Crippen MR) is 111 cm³/mol. The molecule has 0 spiro atoms. The highest BCUT2D eigenvalue weighted by Crippen LogP contribution is 2.29. The standard InChI is InChI=1S/C22H23N3O3S/c1-15-19(16(2)28-24-15)14-29-21-18(9-6-10-23-21)22(26)25-11-12-27-20(13-25)17-7-4-3-5-8-17/h3-10,20H,11-14H2,1-2H3. The summed E-state index contributed by atoms with van der Waals surface area (Å²) >= 11 is 1.53. The van der Waals surface area contributed by atoms with Crippen LogP contribution in [0.3, 0.4) is 0 Å². The van der Waals surface area contributed by atoms with Crippen LogP contribution in [0.1, 0.15) is 39.0 Å². The molecular weight excluding hydrogens is 386 g/mol. The zero-order chi connectivity index (χ0) is 20.2. The Hall–Kier alpha value is -2.64. The third-order valence-electron chi connectivity index (χ3n) is 5.06. The number of aryl methyl sites for hydroxylation is 2. The summed E-state index contributed by atoms with van der Waals surface area (Å²) in [5, 5.41) is 4.72. The molecule has 1 aliphatic rings. The molecule has 0 aliphatic carbocycles. The molecule has 0 saturated carbocycles. The van der Waals surface area contributed by atoms with Gasteiger partial charge in [0.15, 0.2) is 0 Å². The van der Waals surface area contributed by atoms with E-state index in [1.807, 2.05) is 61.2 Å². The minimum atomic E-state index is -0.107. The Balaban J connectivity index is 1.50. The van der Waals surface area contributed by atoms with Crippen LogP contribution < -0.4 is 0 Å². The first-order valence-electron chi connectivity index (χ1n) is 9.59. The van der Waals surface area contributed by atoms with E-state index in [-0.39, 0.29) is 12.0 Å². The number of carbonyl (C=O) groups is 1. The Kier molecular flexibility index (Phi) is 5.97. The first-order chi connectivity index (χ1) is 14.1. The summed E-state index contributed by atoms with van der Waals surface area (Å²) in [6, 6.07) is 13.7. The van der Waals surface area contributed by atoms with Crippen LogP contribution in [0.4, 0.5) is 0 Å². The summed E-state index contributed by atoms with van der Waals surface area (Å²) in [6.07, 6.45) is 1.61. The van der Waals surface area contributed by atoms with E-state index in [1.165, 1.54) is 11.8 Å². The Bertz CT molecular complexity index is 970. The number of rotatable bonds is 5. The van der Waals surface area contributed by atoms with Gasteiger partial charge in [-0.25, -0.2) is 4.98 Å². The molecule has 1 aliphatic heterocycles. The van der Waals surface area contributed by atoms with E-state index in [2.05, 4.69) is 10.1 Å². The zero-order valence-corrected chi connectivity index (χ0v) is 17.3. The van der Waals surface area contributed by atoms with Crippen molar-refractivity contribution in [2.75, 3.05) is 19.7 Å². The van der Waals surface area contributed by atoms with Crippen molar-refractivity contribution in [2.24, 2.45) is 0 Å². The molecule has 6 nitrogen and oxygen atoms in total. The van der Waals surface area contributed by atoms with E-state index >= 15 is 0 Å². The van der Waals surface area contributed by atoms with Crippen LogP contribution in [-0.4, -0.2) is 40.6 Å². The van der Waals surface area contributed by atoms with Gasteiger partial charge in [0.05, 0.1) is 24.4 Å². The maximum Gasteiger partial charge on any atom is 0.256 e. The SMILES string of the molecule is Cc1noc(C)c1CSc1ncccc1C(=O)N1CCOC(c2ccccc2)C1. The average molecular weight is 410 g/mol. The third-order valence-corrected chi connectivity index (χ3v) is 6.09. The fraction of sp³-hybridized carbons (Fsp3) is 0.318. The molecular formula is C22H23N3O3S. The topological polar surface area (TPSA) is 68.5 Å². The molecule has 4 rings (SSSR count). The Morgan fingerprint density at radius 1 is 1.21 bits per heavy atom. The maximum atomic E-state index is 13.3. The maximum absolute atomic E-state index is 13.3. The van der Waals surface area contributed by atoms with E-state index in [9.17, 15) is 4.79 Å². The molecule has 0 bridgehead atoms. The van der Waals surface area contributed by atoms with E-state index in [4.69, 9.17) is 9.26 Å². The minimum Gasteiger partial charge on any atom is -0.370 e. The van der Waals surface area contributed by atoms with Crippen LogP contribution in [0.25, 0.3) is 0 Å². The number of pyridine rings is 1. The van der Waals surface area contributed by atoms with Gasteiger partial charge in [-0.15, -0.1) is 11.8 Å². The highest BCUT2D eigenvalue weighted by Gasteiger charge is 2.27. The summed E-state index contributed by atoms with van der Waals surface area (Å²) in [6.45, 7) is 5.45. The monoisotopic (exact) mass is 409 g/mol. The molecule has 1 saturated heterocycles. The molecule has 150 valence electrons. The highest BCUT2D eigenvalue weighted by molar-refractivity contribution is 7.98. The van der Waals surface area contributed by atoms with Gasteiger partial charge in [-0.05, 0) is 31.5 Å². The number of hydrogen-bond acceptors (Lipinski definition) is 6. The fourth-order valence-electron chi connectivity index (χ4n) is 3.39. The second-order valence-corrected chi connectivity index (χ2v) is 7.93. The molecule has 1 fully saturated rings. The predicted octanol–water partition coefficient (Wildman–Crippen LogP) is 4.19. The largest absolute Gasteiger partial charge is 0.370 e. The minimum absolute atomic E-state index is 0.0106. The van der Waals surface area contributed by atoms with Crippen LogP contribution >= 0.6 is 11.8 Å². The van der Waals surface area contributed by atoms with Gasteiger partial charge in [0.2, 0.25) is 0 Å². The smallest absolute Gasteiger partial charge is 0.256 e. The quantitative estimate of drug-likeness (QED) is 0.589. The first-order valence-corrected chi connectivity index (χ1v) is 10.6. The molecule has 0 N–H and O–H groups in total. The normalized spacial score (nSPS) is 16.8. The van der Waals surface area contributed by atoms with E-state index in [0.717, 1.165) is 27.6 Å². The molecule has 2 aromatic heterocycles. The molecule has 1 atom stereocenters. The average Bonchev–Trinajstić information content (AvgIpc) is 3.10. The Morgan fingerprint density at radius 3 is 2.79 bits per heavy atom. The second-order valence-electron chi connectivity index (χ2n) is 6.97. The number of carbonyl (C=O) groups excluding carboxylic acids is 1. The molecule has 1 amide bonds. The van der Waals surface area contributed by atoms with Crippen molar-refractivity contribution in [2.45, 2.75) is 30.7 Å². The lowest BCUT2D eigenvalue weighted by molar-refractivity contribution is -0.0229. The number of thioether (sulfide) groups is 1. The number of benzene rings is 1. The van der Waals surface area contributed by atoms with Crippen molar-refractivity contribution in [1.82, 2.24) is 15.0 Å². The van der Waals surface area contributed by atoms with Gasteiger partial charge in [0, 0.05) is 24.1 Å². The van der Waals surface area contributed by atoms with Gasteiger partial charge in [-0.2, -0.15) is 0 Å². The van der Waals surface area contributed by atoms with Gasteiger partial charge in [-0.1, -0.05) is 35.5 Å². The summed E-state index contributed by atoms with van der Waals surface area (Å²) in [7, 11) is 0. The van der Waals surface area contributed by atoms with Crippen molar-refractivity contribution >= 4 is 17.7 Å². The lowest BCUT2D eigenvalue weighted by atomic mass is 10.1. The summed E-state index contributed by atoms with van der Waals surface area (Å²) in [4.78, 5) is 19.6. The summed E-state index contributed by atoms with van der Waals surface area (Å²) in [5.74, 6) is 1.45. The molecule has 3 heterocycles. The number of amides is 1. The molecule has 7 heteroatoms. The molecule has 0 radical (unpaired) electrons. The second kappa shape index (κ2) is 8.80. The number of morpholine rings is 1. The van der Waals surface area contributed by atoms with Crippen LogP contribution in [0.15, 0.2) is 58.2 Å². The van der Waals surface area contributed by atoms with Crippen molar-refractivity contribution in [3.8, 4) is 0 Å². The number of aromatic nitrogens is 2. The molecule has 1 unspecified atom stereocenters. The van der Waals surface area contributed by atoms with Gasteiger partial charge < -0.3 is 14.2 Å². The van der Waals surface area contributed by atoms with Crippen LogP contribution in [-0.2, 0) is 10.5 Å². The van der Waals surface area contributed by atoms with Crippen molar-refractivity contribution in [1.29, 1.82) is 0 Å². The van der Waals surface area contributed by atoms with Gasteiger partial charge >= 0.3 is 0 Å². The Morgan fingerprint density at radius 2 is 2.03 bits per heavy atom. The van der Waals surface area contributed by atoms with Crippen molar-refractivity contribution < 1.29 is 14.1 Å². The first kappa shape index (κ1) is 19.7. The summed E-state index contributed by atoms with van der Waals surface area (Å²) < 4.78 is 11.1. The number of nitrogens with zero attached hydrogens (tertiary/aromatic N) is 3. The van der Waals surface area contributed by atoms with E-state index in [0.29, 0.717) is 31.0 Å². The molecule has 3 aromatic rings. The lowest BCUT2D eigenvalue weighted by Gasteiger charge is -2.33. The van der Waals surface area contributed by atoms with Crippen LogP contribution in [0.2, 0.25) is 0 Å². The lowest BCUT2D eigenvalue weighted by Crippen LogP contribution is -2.42. The Labute approximate surface area is 174 Å². The van der Waals surface area contributed by atoms with E-state index in [1.54, 1.807) is 6.20 Å². The zero-order valence-electron chi connectivity index (χ0n) is 16.5. The highest BCUT2D eigenvalue weighted by atomic mass is 32.2. The van der Waals surface area contributed by atoms with Gasteiger partial charge in [-0.3, -0.25) is 4.79 Å². The summed E-state index contributed by atoms with van der Waals surface area (Å²) in [5.41, 5.74) is 3.63. The van der Waals surface area contributed by atoms with Crippen molar-refractivity contribution in [3.63, 3.8) is 0 Å². The van der Waals surface area contributed by atoms with Crippen LogP contribution in [0, 0.1) is 13.8 Å².